The van der Waals surface area contributed by atoms with Crippen LogP contribution < -0.4 is 45.3 Å². The second kappa shape index (κ2) is 10.7. The number of fused-ring (bicyclic) bond motifs is 9. The van der Waals surface area contributed by atoms with Gasteiger partial charge in [0.1, 0.15) is 5.76 Å². The molecule has 0 saturated carbocycles. The maximum Gasteiger partial charge on any atom is 0.252 e. The van der Waals surface area contributed by atoms with Crippen molar-refractivity contribution in [2.45, 2.75) is 12.8 Å². The van der Waals surface area contributed by atoms with Crippen LogP contribution in [-0.4, -0.2) is 6.71 Å². The molecule has 5 heterocycles. The Kier molecular flexibility index (Phi) is 5.73. The minimum absolute atomic E-state index is 0.00698. The predicted octanol–water partition coefficient (Wildman–Crippen LogP) is 10.7. The van der Waals surface area contributed by atoms with Crippen molar-refractivity contribution in [1.29, 1.82) is 0 Å². The third kappa shape index (κ3) is 3.94. The average Bonchev–Trinajstić information content (AvgIpc) is 3.24. The Bertz CT molecular complexity index is 2850. The van der Waals surface area contributed by atoms with Gasteiger partial charge in [-0.1, -0.05) is 78.9 Å². The molecule has 0 bridgehead atoms. The quantitative estimate of drug-likeness (QED) is 0.167. The second-order valence-corrected chi connectivity index (χ2v) is 14.8. The lowest BCUT2D eigenvalue weighted by molar-refractivity contribution is 0.389. The van der Waals surface area contributed by atoms with Gasteiger partial charge in [-0.05, 0) is 113 Å². The Labute approximate surface area is 318 Å². The molecule has 0 radical (unpaired) electrons. The zero-order valence-electron chi connectivity index (χ0n) is 29.6. The summed E-state index contributed by atoms with van der Waals surface area (Å²) in [6.07, 6.45) is 6.37. The van der Waals surface area contributed by atoms with Gasteiger partial charge in [-0.25, -0.2) is 0 Å². The summed E-state index contributed by atoms with van der Waals surface area (Å²) in [5, 5.41) is 0. The van der Waals surface area contributed by atoms with E-state index in [1.807, 2.05) is 30.3 Å². The van der Waals surface area contributed by atoms with E-state index in [1.54, 1.807) is 0 Å². The molecule has 0 fully saturated rings. The van der Waals surface area contributed by atoms with Gasteiger partial charge < -0.3 is 28.9 Å². The van der Waals surface area contributed by atoms with Crippen molar-refractivity contribution in [3.05, 3.63) is 169 Å². The largest absolute Gasteiger partial charge is 0.457 e. The molecule has 258 valence electrons. The summed E-state index contributed by atoms with van der Waals surface area (Å²) in [5.41, 5.74) is 15.9. The molecule has 7 heteroatoms. The first-order valence-corrected chi connectivity index (χ1v) is 18.9. The highest BCUT2D eigenvalue weighted by atomic mass is 16.5. The topological polar surface area (TPSA) is 37.4 Å². The predicted molar refractivity (Wildman–Crippen MR) is 221 cm³/mol. The summed E-state index contributed by atoms with van der Waals surface area (Å²) >= 11 is 0. The minimum atomic E-state index is -0.00698. The molecule has 6 aliphatic rings. The van der Waals surface area contributed by atoms with Crippen LogP contribution in [0, 0.1) is 0 Å². The normalized spacial score (nSPS) is 15.6. The van der Waals surface area contributed by atoms with Gasteiger partial charge in [-0.2, -0.15) is 0 Å². The summed E-state index contributed by atoms with van der Waals surface area (Å²) in [4.78, 5) is 7.21. The van der Waals surface area contributed by atoms with Crippen molar-refractivity contribution in [3.63, 3.8) is 0 Å². The number of para-hydroxylation sites is 8. The van der Waals surface area contributed by atoms with Crippen LogP contribution >= 0.6 is 0 Å². The van der Waals surface area contributed by atoms with Gasteiger partial charge in [-0.15, -0.1) is 0 Å². The molecule has 0 atom stereocenters. The molecule has 55 heavy (non-hydrogen) atoms. The van der Waals surface area contributed by atoms with Gasteiger partial charge in [0.05, 0.1) is 34.1 Å². The number of benzene rings is 7. The summed E-state index contributed by atoms with van der Waals surface area (Å²) in [6, 6.07) is 51.7. The van der Waals surface area contributed by atoms with Crippen LogP contribution in [0.3, 0.4) is 0 Å². The van der Waals surface area contributed by atoms with E-state index >= 15 is 0 Å². The molecule has 7 aromatic rings. The number of allylic oxidation sites excluding steroid dienone is 3. The lowest BCUT2D eigenvalue weighted by Gasteiger charge is -2.47. The number of nitrogens with zero attached hydrogens (tertiary/aromatic N) is 3. The molecule has 1 aliphatic carbocycles. The van der Waals surface area contributed by atoms with Crippen LogP contribution in [0.4, 0.5) is 45.5 Å². The van der Waals surface area contributed by atoms with Crippen molar-refractivity contribution >= 4 is 68.6 Å². The minimum Gasteiger partial charge on any atom is -0.457 e. The molecule has 6 nitrogen and oxygen atoms in total. The van der Waals surface area contributed by atoms with E-state index in [9.17, 15) is 0 Å². The Morgan fingerprint density at radius 2 is 1.00 bits per heavy atom. The molecule has 13 rings (SSSR count). The van der Waals surface area contributed by atoms with Crippen molar-refractivity contribution in [2.75, 3.05) is 14.7 Å². The van der Waals surface area contributed by atoms with E-state index < -0.39 is 0 Å². The Morgan fingerprint density at radius 1 is 0.455 bits per heavy atom. The number of hydrogen-bond acceptors (Lipinski definition) is 6. The van der Waals surface area contributed by atoms with E-state index in [0.29, 0.717) is 0 Å². The van der Waals surface area contributed by atoms with Crippen molar-refractivity contribution in [2.24, 2.45) is 0 Å². The molecule has 7 aromatic carbocycles. The van der Waals surface area contributed by atoms with Gasteiger partial charge in [0.25, 0.3) is 6.71 Å². The SMILES string of the molecule is C1=CC2=C(CC1)Oc1cccc3c1N2c1cc(-c2ccc(N4c5ccccc5Oc5ccccc54)cc2)cc2c1B3c1cccc3c1N2c1ccccc1O3. The number of anilines is 8. The molecule has 0 amide bonds. The van der Waals surface area contributed by atoms with Gasteiger partial charge in [0, 0.05) is 23.5 Å². The highest BCUT2D eigenvalue weighted by Crippen LogP contribution is 2.55. The van der Waals surface area contributed by atoms with E-state index in [0.717, 1.165) is 104 Å². The highest BCUT2D eigenvalue weighted by molar-refractivity contribution is 7.00. The number of ether oxygens (including phenoxy) is 3. The fourth-order valence-corrected chi connectivity index (χ4v) is 9.56. The molecule has 0 saturated heterocycles. The Balaban J connectivity index is 1.05. The summed E-state index contributed by atoms with van der Waals surface area (Å²) in [6.45, 7) is -0.00698. The van der Waals surface area contributed by atoms with E-state index in [-0.39, 0.29) is 6.71 Å². The van der Waals surface area contributed by atoms with Crippen LogP contribution in [-0.2, 0) is 0 Å². The molecule has 0 spiro atoms. The van der Waals surface area contributed by atoms with Crippen LogP contribution in [0.2, 0.25) is 0 Å². The fourth-order valence-electron chi connectivity index (χ4n) is 9.56. The third-order valence-electron chi connectivity index (χ3n) is 11.8. The van der Waals surface area contributed by atoms with Gasteiger partial charge in [0.2, 0.25) is 0 Å². The first-order valence-electron chi connectivity index (χ1n) is 18.9. The smallest absolute Gasteiger partial charge is 0.252 e. The van der Waals surface area contributed by atoms with Crippen molar-refractivity contribution < 1.29 is 14.2 Å². The molecule has 0 aromatic heterocycles. The lowest BCUT2D eigenvalue weighted by atomic mass is 9.33. The molecule has 0 unspecified atom stereocenters. The van der Waals surface area contributed by atoms with E-state index in [4.69, 9.17) is 14.2 Å². The zero-order chi connectivity index (χ0) is 35.8. The summed E-state index contributed by atoms with van der Waals surface area (Å²) in [5.74, 6) is 5.34. The summed E-state index contributed by atoms with van der Waals surface area (Å²) < 4.78 is 19.7. The van der Waals surface area contributed by atoms with Gasteiger partial charge >= 0.3 is 0 Å². The van der Waals surface area contributed by atoms with Crippen LogP contribution in [0.25, 0.3) is 11.1 Å². The maximum absolute atomic E-state index is 6.72. The maximum atomic E-state index is 6.72. The summed E-state index contributed by atoms with van der Waals surface area (Å²) in [7, 11) is 0. The third-order valence-corrected chi connectivity index (χ3v) is 11.8. The van der Waals surface area contributed by atoms with E-state index in [1.165, 1.54) is 22.1 Å². The van der Waals surface area contributed by atoms with Gasteiger partial charge in [0.15, 0.2) is 28.7 Å². The van der Waals surface area contributed by atoms with Crippen LogP contribution in [0.1, 0.15) is 12.8 Å². The first kappa shape index (κ1) is 29.4. The lowest BCUT2D eigenvalue weighted by Crippen LogP contribution is -2.62. The van der Waals surface area contributed by atoms with Crippen molar-refractivity contribution in [3.8, 4) is 39.9 Å². The molecular weight excluding hydrogens is 677 g/mol. The van der Waals surface area contributed by atoms with Crippen LogP contribution in [0.15, 0.2) is 169 Å². The Morgan fingerprint density at radius 3 is 1.67 bits per heavy atom. The molecule has 0 N–H and O–H groups in total. The number of rotatable bonds is 2. The second-order valence-electron chi connectivity index (χ2n) is 14.8. The molecular formula is C48H30BN3O3. The van der Waals surface area contributed by atoms with Crippen molar-refractivity contribution in [1.82, 2.24) is 0 Å². The van der Waals surface area contributed by atoms with E-state index in [2.05, 4.69) is 142 Å². The standard InChI is InChI=1S/C48H30BN3O3/c1-5-17-40-34(13-1)50(35-14-2-6-18-41(35)53-40)31-25-23-29(24-26-31)30-27-38-46-39(28-30)52-37-16-4-8-20-43(37)55-45-22-10-12-33(48(45)52)49(46)32-11-9-21-44-47(32)51(38)36-15-3-7-19-42(36)54-44/h1-7,9-19,21-28H,8,20H2. The highest BCUT2D eigenvalue weighted by Gasteiger charge is 2.48. The fraction of sp³-hybridized carbons (Fsp3) is 0.0417. The Hall–Kier alpha value is -7.12. The zero-order valence-corrected chi connectivity index (χ0v) is 29.6. The number of hydrogen-bond donors (Lipinski definition) is 0. The van der Waals surface area contributed by atoms with Gasteiger partial charge in [-0.3, -0.25) is 0 Å². The molecule has 5 aliphatic heterocycles. The van der Waals surface area contributed by atoms with Crippen LogP contribution in [0.5, 0.6) is 28.7 Å². The average molecular weight is 708 g/mol. The monoisotopic (exact) mass is 707 g/mol. The first-order chi connectivity index (χ1) is 27.3.